The number of fused-ring (bicyclic) bond motifs is 3. The van der Waals surface area contributed by atoms with E-state index in [2.05, 4.69) is 19.9 Å². The number of anilines is 1. The summed E-state index contributed by atoms with van der Waals surface area (Å²) in [4.78, 5) is 29.0. The molecule has 0 saturated heterocycles. The molecule has 0 aliphatic carbocycles. The summed E-state index contributed by atoms with van der Waals surface area (Å²) >= 11 is 0. The number of nitrogens with two attached hydrogens (primary N) is 1. The van der Waals surface area contributed by atoms with Gasteiger partial charge in [0.15, 0.2) is 0 Å². The summed E-state index contributed by atoms with van der Waals surface area (Å²) in [6, 6.07) is 11.6. The molecule has 7 nitrogen and oxygen atoms in total. The van der Waals surface area contributed by atoms with Crippen LogP contribution < -0.4 is 11.3 Å². The molecule has 0 radical (unpaired) electrons. The molecule has 0 saturated carbocycles. The van der Waals surface area contributed by atoms with Gasteiger partial charge in [-0.15, -0.1) is 0 Å². The predicted molar refractivity (Wildman–Crippen MR) is 108 cm³/mol. The van der Waals surface area contributed by atoms with Gasteiger partial charge in [-0.25, -0.2) is 15.0 Å². The van der Waals surface area contributed by atoms with Crippen LogP contribution in [0, 0.1) is 5.95 Å². The summed E-state index contributed by atoms with van der Waals surface area (Å²) < 4.78 is 14.8. The van der Waals surface area contributed by atoms with Crippen LogP contribution in [0.25, 0.3) is 38.6 Å². The lowest BCUT2D eigenvalue weighted by Gasteiger charge is -2.13. The molecule has 8 heteroatoms. The van der Waals surface area contributed by atoms with Crippen LogP contribution in [0.15, 0.2) is 72.0 Å². The largest absolute Gasteiger partial charge is 0.368 e. The monoisotopic (exact) mass is 384 g/mol. The van der Waals surface area contributed by atoms with Crippen LogP contribution in [0.5, 0.6) is 0 Å². The average Bonchev–Trinajstić information content (AvgIpc) is 2.74. The zero-order chi connectivity index (χ0) is 20.0. The van der Waals surface area contributed by atoms with Crippen molar-refractivity contribution in [1.29, 1.82) is 0 Å². The second-order valence-electron chi connectivity index (χ2n) is 6.47. The van der Waals surface area contributed by atoms with E-state index in [4.69, 9.17) is 5.73 Å². The molecule has 0 amide bonds. The Morgan fingerprint density at radius 2 is 1.66 bits per heavy atom. The summed E-state index contributed by atoms with van der Waals surface area (Å²) in [7, 11) is 0. The molecule has 140 valence electrons. The minimum Gasteiger partial charge on any atom is -0.368 e. The molecule has 4 aromatic heterocycles. The number of rotatable bonds is 2. The van der Waals surface area contributed by atoms with Crippen molar-refractivity contribution >= 4 is 27.8 Å². The van der Waals surface area contributed by atoms with Gasteiger partial charge in [0.25, 0.3) is 5.56 Å². The number of benzene rings is 1. The highest BCUT2D eigenvalue weighted by Gasteiger charge is 2.12. The molecule has 5 aromatic rings. The van der Waals surface area contributed by atoms with Crippen LogP contribution in [0.4, 0.5) is 10.3 Å². The molecule has 5 rings (SSSR count). The second-order valence-corrected chi connectivity index (χ2v) is 6.47. The van der Waals surface area contributed by atoms with Crippen LogP contribution in [0.2, 0.25) is 0 Å². The van der Waals surface area contributed by atoms with Crippen molar-refractivity contribution in [3.05, 3.63) is 83.6 Å². The second kappa shape index (κ2) is 6.45. The lowest BCUT2D eigenvalue weighted by Crippen LogP contribution is -2.18. The van der Waals surface area contributed by atoms with Gasteiger partial charge in [-0.05, 0) is 35.9 Å². The summed E-state index contributed by atoms with van der Waals surface area (Å²) in [5, 5.41) is 1.53. The van der Waals surface area contributed by atoms with E-state index in [0.717, 1.165) is 21.9 Å². The van der Waals surface area contributed by atoms with Gasteiger partial charge in [0.1, 0.15) is 0 Å². The first-order valence-electron chi connectivity index (χ1n) is 8.74. The Balaban J connectivity index is 1.86. The Morgan fingerprint density at radius 1 is 0.828 bits per heavy atom. The molecule has 0 fully saturated rings. The van der Waals surface area contributed by atoms with Crippen molar-refractivity contribution in [3.63, 3.8) is 0 Å². The SMILES string of the molecule is Nc1ncc(-c2ccc3ncc4ccc(=O)n(-c5ccc(F)nc5)c4c3c2)cn1. The lowest BCUT2D eigenvalue weighted by atomic mass is 10.0. The van der Waals surface area contributed by atoms with Crippen molar-refractivity contribution in [2.75, 3.05) is 5.73 Å². The zero-order valence-corrected chi connectivity index (χ0v) is 15.0. The van der Waals surface area contributed by atoms with Crippen LogP contribution >= 0.6 is 0 Å². The number of nitrogen functional groups attached to an aromatic ring is 1. The minimum absolute atomic E-state index is 0.194. The molecular weight excluding hydrogens is 371 g/mol. The van der Waals surface area contributed by atoms with Crippen LogP contribution in [0.3, 0.4) is 0 Å². The summed E-state index contributed by atoms with van der Waals surface area (Å²) in [5.41, 5.74) is 8.81. The average molecular weight is 384 g/mol. The highest BCUT2D eigenvalue weighted by Crippen LogP contribution is 2.29. The topological polar surface area (TPSA) is 99.6 Å². The fraction of sp³-hybridized carbons (Fsp3) is 0. The van der Waals surface area contributed by atoms with E-state index in [-0.39, 0.29) is 11.5 Å². The quantitative estimate of drug-likeness (QED) is 0.371. The fourth-order valence-electron chi connectivity index (χ4n) is 3.33. The zero-order valence-electron chi connectivity index (χ0n) is 15.0. The van der Waals surface area contributed by atoms with E-state index in [9.17, 15) is 9.18 Å². The first kappa shape index (κ1) is 16.9. The van der Waals surface area contributed by atoms with Gasteiger partial charge >= 0.3 is 0 Å². The van der Waals surface area contributed by atoms with Crippen LogP contribution in [0.1, 0.15) is 0 Å². The molecule has 0 bridgehead atoms. The number of halogens is 1. The third-order valence-electron chi connectivity index (χ3n) is 4.69. The summed E-state index contributed by atoms with van der Waals surface area (Å²) in [6.45, 7) is 0. The lowest BCUT2D eigenvalue weighted by molar-refractivity contribution is 0.583. The van der Waals surface area contributed by atoms with Gasteiger partial charge in [0.2, 0.25) is 11.9 Å². The first-order valence-corrected chi connectivity index (χ1v) is 8.74. The number of aromatic nitrogens is 5. The van der Waals surface area contributed by atoms with E-state index in [1.807, 2.05) is 18.2 Å². The number of hydrogen-bond acceptors (Lipinski definition) is 6. The third kappa shape index (κ3) is 2.87. The Kier molecular flexibility index (Phi) is 3.77. The molecule has 0 spiro atoms. The Hall–Kier alpha value is -4.20. The van der Waals surface area contributed by atoms with Crippen molar-refractivity contribution in [2.45, 2.75) is 0 Å². The smallest absolute Gasteiger partial charge is 0.255 e. The molecule has 0 unspecified atom stereocenters. The van der Waals surface area contributed by atoms with E-state index < -0.39 is 5.95 Å². The van der Waals surface area contributed by atoms with Gasteiger partial charge in [-0.2, -0.15) is 4.39 Å². The normalized spacial score (nSPS) is 11.2. The highest BCUT2D eigenvalue weighted by molar-refractivity contribution is 6.05. The number of hydrogen-bond donors (Lipinski definition) is 1. The minimum atomic E-state index is -0.612. The van der Waals surface area contributed by atoms with Gasteiger partial charge in [0.05, 0.1) is 22.9 Å². The van der Waals surface area contributed by atoms with Crippen molar-refractivity contribution in [3.8, 4) is 16.8 Å². The Labute approximate surface area is 163 Å². The summed E-state index contributed by atoms with van der Waals surface area (Å²) in [6.07, 6.45) is 6.31. The van der Waals surface area contributed by atoms with Gasteiger partial charge in [-0.1, -0.05) is 6.07 Å². The fourth-order valence-corrected chi connectivity index (χ4v) is 3.33. The molecule has 4 heterocycles. The van der Waals surface area contributed by atoms with E-state index in [1.165, 1.54) is 29.0 Å². The predicted octanol–water partition coefficient (Wildman–Crippen LogP) is 3.11. The van der Waals surface area contributed by atoms with Gasteiger partial charge < -0.3 is 5.73 Å². The maximum Gasteiger partial charge on any atom is 0.255 e. The molecule has 0 aliphatic rings. The standard InChI is InChI=1S/C21H13FN6O/c22-18-5-3-15(11-25-18)28-19(29)6-2-13-8-24-17-4-1-12(7-16(17)20(13)28)14-9-26-21(23)27-10-14/h1-11H,(H2,23,26,27). The van der Waals surface area contributed by atoms with Crippen LogP contribution in [-0.4, -0.2) is 24.5 Å². The molecule has 0 aliphatic heterocycles. The molecular formula is C21H13FN6O. The molecule has 2 N–H and O–H groups in total. The Morgan fingerprint density at radius 3 is 2.41 bits per heavy atom. The van der Waals surface area contributed by atoms with Crippen molar-refractivity contribution < 1.29 is 4.39 Å². The van der Waals surface area contributed by atoms with Gasteiger partial charge in [0, 0.05) is 41.0 Å². The molecule has 1 aromatic carbocycles. The highest BCUT2D eigenvalue weighted by atomic mass is 19.1. The maximum absolute atomic E-state index is 13.3. The van der Waals surface area contributed by atoms with E-state index >= 15 is 0 Å². The maximum atomic E-state index is 13.3. The number of nitrogens with zero attached hydrogens (tertiary/aromatic N) is 5. The number of pyridine rings is 3. The van der Waals surface area contributed by atoms with E-state index in [0.29, 0.717) is 16.7 Å². The third-order valence-corrected chi connectivity index (χ3v) is 4.69. The van der Waals surface area contributed by atoms with Gasteiger partial charge in [-0.3, -0.25) is 14.3 Å². The van der Waals surface area contributed by atoms with Crippen molar-refractivity contribution in [2.24, 2.45) is 0 Å². The first-order chi connectivity index (χ1) is 14.1. The van der Waals surface area contributed by atoms with E-state index in [1.54, 1.807) is 24.7 Å². The Bertz CT molecular complexity index is 1430. The van der Waals surface area contributed by atoms with Crippen LogP contribution in [-0.2, 0) is 0 Å². The molecule has 29 heavy (non-hydrogen) atoms. The van der Waals surface area contributed by atoms with Crippen molar-refractivity contribution in [1.82, 2.24) is 24.5 Å². The summed E-state index contributed by atoms with van der Waals surface area (Å²) in [5.74, 6) is -0.418. The molecule has 0 atom stereocenters.